The van der Waals surface area contributed by atoms with Gasteiger partial charge in [0.05, 0.1) is 6.61 Å². The van der Waals surface area contributed by atoms with Crippen molar-refractivity contribution < 1.29 is 18.7 Å². The molecule has 1 aliphatic rings. The van der Waals surface area contributed by atoms with Gasteiger partial charge in [-0.15, -0.1) is 0 Å². The van der Waals surface area contributed by atoms with Crippen molar-refractivity contribution in [1.82, 2.24) is 9.88 Å². The van der Waals surface area contributed by atoms with E-state index in [-0.39, 0.29) is 18.1 Å². The number of likely N-dealkylation sites (tertiary alicyclic amines) is 1. The molecule has 2 heterocycles. The van der Waals surface area contributed by atoms with Crippen molar-refractivity contribution >= 4 is 17.2 Å². The smallest absolute Gasteiger partial charge is 0.410 e. The summed E-state index contributed by atoms with van der Waals surface area (Å²) < 4.78 is 16.6. The summed E-state index contributed by atoms with van der Waals surface area (Å²) in [4.78, 5) is 18.0. The van der Waals surface area contributed by atoms with Crippen LogP contribution in [0.4, 0.5) is 4.79 Å². The fourth-order valence-electron chi connectivity index (χ4n) is 2.56. The van der Waals surface area contributed by atoms with Crippen molar-refractivity contribution in [3.8, 4) is 6.08 Å². The van der Waals surface area contributed by atoms with E-state index >= 15 is 0 Å². The highest BCUT2D eigenvalue weighted by Crippen LogP contribution is 2.23. The summed E-state index contributed by atoms with van der Waals surface area (Å²) in [6, 6.07) is 7.54. The second-order valence-electron chi connectivity index (χ2n) is 6.84. The summed E-state index contributed by atoms with van der Waals surface area (Å²) in [5.74, 6) is 0.262. The summed E-state index contributed by atoms with van der Waals surface area (Å²) in [7, 11) is 0. The van der Waals surface area contributed by atoms with Gasteiger partial charge in [0.1, 0.15) is 11.1 Å². The predicted octanol–water partition coefficient (Wildman–Crippen LogP) is 3.46. The third kappa shape index (κ3) is 3.94. The average molecular weight is 318 g/mol. The summed E-state index contributed by atoms with van der Waals surface area (Å²) in [5, 5.41) is 0. The molecule has 1 saturated heterocycles. The van der Waals surface area contributed by atoms with Crippen LogP contribution in [0.1, 0.15) is 27.2 Å². The van der Waals surface area contributed by atoms with E-state index in [1.807, 2.05) is 45.0 Å². The third-order valence-electron chi connectivity index (χ3n) is 3.65. The van der Waals surface area contributed by atoms with E-state index in [9.17, 15) is 4.79 Å². The number of ether oxygens (including phenoxy) is 2. The summed E-state index contributed by atoms with van der Waals surface area (Å²) in [5.41, 5.74) is 1.03. The maximum Gasteiger partial charge on any atom is 0.410 e. The Kier molecular flexibility index (Phi) is 4.15. The lowest BCUT2D eigenvalue weighted by Gasteiger charge is -2.24. The predicted molar refractivity (Wildman–Crippen MR) is 85.4 cm³/mol. The lowest BCUT2D eigenvalue weighted by Crippen LogP contribution is -2.35. The highest BCUT2D eigenvalue weighted by Gasteiger charge is 2.30. The zero-order chi connectivity index (χ0) is 16.4. The molecule has 0 radical (unpaired) electrons. The molecule has 1 amide bonds. The standard InChI is InChI=1S/C17H22N2O4/c1-17(2,3)23-16(20)19-9-8-12(10-19)11-21-15-18-13-6-4-5-7-14(13)22-15/h4-7,12H,8-11H2,1-3H3/t12-/m1/s1. The van der Waals surface area contributed by atoms with E-state index < -0.39 is 5.60 Å². The highest BCUT2D eigenvalue weighted by molar-refractivity contribution is 5.72. The zero-order valence-corrected chi connectivity index (χ0v) is 13.7. The first-order valence-electron chi connectivity index (χ1n) is 7.87. The Morgan fingerprint density at radius 2 is 2.17 bits per heavy atom. The lowest BCUT2D eigenvalue weighted by molar-refractivity contribution is 0.0284. The molecule has 1 atom stereocenters. The van der Waals surface area contributed by atoms with Crippen LogP contribution < -0.4 is 4.74 Å². The van der Waals surface area contributed by atoms with Gasteiger partial charge in [-0.1, -0.05) is 12.1 Å². The SMILES string of the molecule is CC(C)(C)OC(=O)N1CC[C@@H](COc2nc3ccccc3o2)C1. The Labute approximate surface area is 135 Å². The maximum atomic E-state index is 12.0. The number of carbonyl (C=O) groups excluding carboxylic acids is 1. The maximum absolute atomic E-state index is 12.0. The van der Waals surface area contributed by atoms with Gasteiger partial charge >= 0.3 is 12.2 Å². The van der Waals surface area contributed by atoms with Crippen LogP contribution in [0.25, 0.3) is 11.1 Å². The number of amides is 1. The van der Waals surface area contributed by atoms with E-state index in [4.69, 9.17) is 13.9 Å². The van der Waals surface area contributed by atoms with Crippen molar-refractivity contribution in [3.63, 3.8) is 0 Å². The molecule has 3 rings (SSSR count). The van der Waals surface area contributed by atoms with Crippen LogP contribution in [-0.4, -0.2) is 41.3 Å². The topological polar surface area (TPSA) is 64.8 Å². The number of hydrogen-bond acceptors (Lipinski definition) is 5. The zero-order valence-electron chi connectivity index (χ0n) is 13.7. The van der Waals surface area contributed by atoms with Gasteiger partial charge in [0.15, 0.2) is 5.58 Å². The number of benzene rings is 1. The van der Waals surface area contributed by atoms with E-state index in [1.54, 1.807) is 4.90 Å². The first kappa shape index (κ1) is 15.6. The molecule has 1 aliphatic heterocycles. The molecule has 1 fully saturated rings. The summed E-state index contributed by atoms with van der Waals surface area (Å²) in [6.45, 7) is 7.41. The molecule has 0 bridgehead atoms. The largest absolute Gasteiger partial charge is 0.450 e. The quantitative estimate of drug-likeness (QED) is 0.867. The number of hydrogen-bond donors (Lipinski definition) is 0. The van der Waals surface area contributed by atoms with Gasteiger partial charge in [0, 0.05) is 19.0 Å². The molecular formula is C17H22N2O4. The number of fused-ring (bicyclic) bond motifs is 1. The monoisotopic (exact) mass is 318 g/mol. The van der Waals surface area contributed by atoms with E-state index in [0.717, 1.165) is 11.9 Å². The lowest BCUT2D eigenvalue weighted by atomic mass is 10.1. The van der Waals surface area contributed by atoms with Crippen LogP contribution in [-0.2, 0) is 4.74 Å². The van der Waals surface area contributed by atoms with Crippen molar-refractivity contribution in [3.05, 3.63) is 24.3 Å². The van der Waals surface area contributed by atoms with Gasteiger partial charge in [-0.2, -0.15) is 4.98 Å². The molecule has 1 aromatic heterocycles. The van der Waals surface area contributed by atoms with Crippen molar-refractivity contribution in [2.45, 2.75) is 32.8 Å². The van der Waals surface area contributed by atoms with Crippen molar-refractivity contribution in [1.29, 1.82) is 0 Å². The molecule has 0 saturated carbocycles. The number of nitrogens with zero attached hydrogens (tertiary/aromatic N) is 2. The van der Waals surface area contributed by atoms with E-state index in [0.29, 0.717) is 25.3 Å². The molecular weight excluding hydrogens is 296 g/mol. The first-order valence-corrected chi connectivity index (χ1v) is 7.87. The van der Waals surface area contributed by atoms with Crippen LogP contribution in [0.5, 0.6) is 6.08 Å². The van der Waals surface area contributed by atoms with Gasteiger partial charge < -0.3 is 18.8 Å². The van der Waals surface area contributed by atoms with Gasteiger partial charge in [-0.3, -0.25) is 0 Å². The Morgan fingerprint density at radius 3 is 2.91 bits per heavy atom. The molecule has 0 N–H and O–H groups in total. The second-order valence-corrected chi connectivity index (χ2v) is 6.84. The van der Waals surface area contributed by atoms with Crippen LogP contribution in [0.2, 0.25) is 0 Å². The molecule has 0 unspecified atom stereocenters. The molecule has 1 aromatic carbocycles. The first-order chi connectivity index (χ1) is 10.9. The Hall–Kier alpha value is -2.24. The van der Waals surface area contributed by atoms with Gasteiger partial charge in [-0.05, 0) is 39.3 Å². The fourth-order valence-corrected chi connectivity index (χ4v) is 2.56. The molecule has 6 nitrogen and oxygen atoms in total. The van der Waals surface area contributed by atoms with Crippen molar-refractivity contribution in [2.75, 3.05) is 19.7 Å². The third-order valence-corrected chi connectivity index (χ3v) is 3.65. The van der Waals surface area contributed by atoms with Crippen LogP contribution >= 0.6 is 0 Å². The van der Waals surface area contributed by atoms with Gasteiger partial charge in [0.2, 0.25) is 0 Å². The summed E-state index contributed by atoms with van der Waals surface area (Å²) in [6.07, 6.45) is 0.906. The molecule has 0 spiro atoms. The average Bonchev–Trinajstić information content (AvgIpc) is 3.09. The normalized spacial score (nSPS) is 18.4. The Bertz CT molecular complexity index is 656. The Balaban J connectivity index is 1.51. The van der Waals surface area contributed by atoms with Gasteiger partial charge in [-0.25, -0.2) is 4.79 Å². The fraction of sp³-hybridized carbons (Fsp3) is 0.529. The van der Waals surface area contributed by atoms with Crippen LogP contribution in [0.15, 0.2) is 28.7 Å². The summed E-state index contributed by atoms with van der Waals surface area (Å²) >= 11 is 0. The minimum Gasteiger partial charge on any atom is -0.450 e. The number of rotatable bonds is 3. The molecule has 2 aromatic rings. The van der Waals surface area contributed by atoms with E-state index in [1.165, 1.54) is 0 Å². The highest BCUT2D eigenvalue weighted by atomic mass is 16.6. The number of aromatic nitrogens is 1. The Morgan fingerprint density at radius 1 is 1.39 bits per heavy atom. The van der Waals surface area contributed by atoms with E-state index in [2.05, 4.69) is 4.98 Å². The molecule has 6 heteroatoms. The number of oxazole rings is 1. The number of carbonyl (C=O) groups is 1. The van der Waals surface area contributed by atoms with Gasteiger partial charge in [0.25, 0.3) is 0 Å². The molecule has 23 heavy (non-hydrogen) atoms. The minimum atomic E-state index is -0.468. The minimum absolute atomic E-state index is 0.262. The van der Waals surface area contributed by atoms with Crippen LogP contribution in [0.3, 0.4) is 0 Å². The second kappa shape index (κ2) is 6.10. The number of para-hydroxylation sites is 2. The molecule has 0 aliphatic carbocycles. The van der Waals surface area contributed by atoms with Crippen LogP contribution in [0, 0.1) is 5.92 Å². The molecule has 124 valence electrons. The van der Waals surface area contributed by atoms with Crippen molar-refractivity contribution in [2.24, 2.45) is 5.92 Å².